The van der Waals surface area contributed by atoms with E-state index in [9.17, 15) is 9.59 Å². The van der Waals surface area contributed by atoms with Gasteiger partial charge in [-0.3, -0.25) is 14.5 Å². The zero-order chi connectivity index (χ0) is 20.8. The molecule has 2 saturated heterocycles. The minimum absolute atomic E-state index is 0.0389. The average Bonchev–Trinajstić information content (AvgIpc) is 3.40. The van der Waals surface area contributed by atoms with E-state index in [-0.39, 0.29) is 17.9 Å². The number of rotatable bonds is 7. The maximum atomic E-state index is 13.0. The molecule has 0 radical (unpaired) electrons. The summed E-state index contributed by atoms with van der Waals surface area (Å²) in [6.07, 6.45) is 5.08. The van der Waals surface area contributed by atoms with E-state index >= 15 is 0 Å². The Labute approximate surface area is 182 Å². The summed E-state index contributed by atoms with van der Waals surface area (Å²) in [5, 5.41) is 3.83. The summed E-state index contributed by atoms with van der Waals surface area (Å²) < 4.78 is 0. The van der Waals surface area contributed by atoms with Crippen LogP contribution < -0.4 is 5.32 Å². The second kappa shape index (κ2) is 10.5. The van der Waals surface area contributed by atoms with Gasteiger partial charge in [0.1, 0.15) is 6.04 Å². The molecule has 0 aliphatic carbocycles. The highest BCUT2D eigenvalue weighted by Gasteiger charge is 2.35. The lowest BCUT2D eigenvalue weighted by Gasteiger charge is -2.30. The fourth-order valence-electron chi connectivity index (χ4n) is 4.02. The number of amides is 2. The molecule has 158 valence electrons. The summed E-state index contributed by atoms with van der Waals surface area (Å²) in [6, 6.07) is 7.57. The Balaban J connectivity index is 1.68. The van der Waals surface area contributed by atoms with Gasteiger partial charge in [0.2, 0.25) is 5.91 Å². The Kier molecular flexibility index (Phi) is 8.04. The van der Waals surface area contributed by atoms with Crippen LogP contribution in [0.5, 0.6) is 0 Å². The number of nitrogens with one attached hydrogen (secondary N) is 1. The predicted molar refractivity (Wildman–Crippen MR) is 120 cm³/mol. The van der Waals surface area contributed by atoms with Gasteiger partial charge in [-0.2, -0.15) is 0 Å². The second-order valence-corrected chi connectivity index (χ2v) is 9.08. The summed E-state index contributed by atoms with van der Waals surface area (Å²) >= 11 is 7.84. The van der Waals surface area contributed by atoms with Crippen molar-refractivity contribution >= 4 is 35.2 Å². The van der Waals surface area contributed by atoms with Gasteiger partial charge in [0.05, 0.1) is 11.9 Å². The molecule has 29 heavy (non-hydrogen) atoms. The van der Waals surface area contributed by atoms with Gasteiger partial charge in [0.25, 0.3) is 5.91 Å². The first kappa shape index (κ1) is 22.2. The van der Waals surface area contributed by atoms with Crippen molar-refractivity contribution in [1.82, 2.24) is 15.1 Å². The number of carbonyl (C=O) groups is 2. The van der Waals surface area contributed by atoms with Crippen LogP contribution >= 0.6 is 23.4 Å². The third-order valence-electron chi connectivity index (χ3n) is 5.58. The molecule has 2 amide bonds. The Morgan fingerprint density at radius 1 is 1.34 bits per heavy atom. The largest absolute Gasteiger partial charge is 0.352 e. The molecule has 0 aromatic heterocycles. The maximum Gasteiger partial charge on any atom is 0.250 e. The van der Waals surface area contributed by atoms with Crippen LogP contribution in [0.2, 0.25) is 5.02 Å². The van der Waals surface area contributed by atoms with Crippen molar-refractivity contribution in [2.24, 2.45) is 0 Å². The summed E-state index contributed by atoms with van der Waals surface area (Å²) in [5.41, 5.74) is 1.83. The molecule has 3 rings (SSSR count). The zero-order valence-corrected chi connectivity index (χ0v) is 18.8. The third kappa shape index (κ3) is 5.56. The summed E-state index contributed by atoms with van der Waals surface area (Å²) in [7, 11) is 0. The molecule has 2 aliphatic heterocycles. The average molecular weight is 436 g/mol. The van der Waals surface area contributed by atoms with Gasteiger partial charge in [0.15, 0.2) is 0 Å². The lowest BCUT2D eigenvalue weighted by atomic mass is 10.1. The van der Waals surface area contributed by atoms with Crippen molar-refractivity contribution in [3.8, 4) is 0 Å². The van der Waals surface area contributed by atoms with E-state index in [1.807, 2.05) is 38.1 Å². The van der Waals surface area contributed by atoms with Crippen LogP contribution in [0, 0.1) is 0 Å². The van der Waals surface area contributed by atoms with E-state index < -0.39 is 6.04 Å². The first-order valence-corrected chi connectivity index (χ1v) is 11.9. The summed E-state index contributed by atoms with van der Waals surface area (Å²) in [4.78, 5) is 29.8. The number of likely N-dealkylation sites (tertiary alicyclic amines) is 1. The van der Waals surface area contributed by atoms with Crippen molar-refractivity contribution < 1.29 is 9.59 Å². The molecule has 2 unspecified atom stereocenters. The minimum Gasteiger partial charge on any atom is -0.352 e. The molecule has 2 aliphatic rings. The molecule has 1 aromatic rings. The molecular weight excluding hydrogens is 406 g/mol. The normalized spacial score (nSPS) is 21.4. The van der Waals surface area contributed by atoms with Gasteiger partial charge in [-0.05, 0) is 57.0 Å². The fourth-order valence-corrected chi connectivity index (χ4v) is 5.37. The van der Waals surface area contributed by atoms with Crippen LogP contribution in [0.3, 0.4) is 0 Å². The van der Waals surface area contributed by atoms with Gasteiger partial charge >= 0.3 is 0 Å². The van der Waals surface area contributed by atoms with E-state index in [2.05, 4.69) is 16.3 Å². The van der Waals surface area contributed by atoms with Gasteiger partial charge in [-0.25, -0.2) is 0 Å². The quantitative estimate of drug-likeness (QED) is 0.661. The number of halogens is 1. The molecule has 1 N–H and O–H groups in total. The van der Waals surface area contributed by atoms with Gasteiger partial charge in [-0.1, -0.05) is 36.7 Å². The number of carbonyl (C=O) groups excluding carboxylic acids is 2. The van der Waals surface area contributed by atoms with Crippen LogP contribution in [0.1, 0.15) is 44.7 Å². The predicted octanol–water partition coefficient (Wildman–Crippen LogP) is 3.85. The smallest absolute Gasteiger partial charge is 0.250 e. The Bertz CT molecular complexity index is 764. The molecule has 2 heterocycles. The van der Waals surface area contributed by atoms with Crippen molar-refractivity contribution in [2.75, 3.05) is 31.3 Å². The van der Waals surface area contributed by atoms with Crippen molar-refractivity contribution in [3.63, 3.8) is 0 Å². The molecule has 0 saturated carbocycles. The van der Waals surface area contributed by atoms with Crippen molar-refractivity contribution in [2.45, 2.75) is 45.2 Å². The molecule has 1 aromatic carbocycles. The lowest BCUT2D eigenvalue weighted by molar-refractivity contribution is -0.135. The van der Waals surface area contributed by atoms with E-state index in [4.69, 9.17) is 11.6 Å². The second-order valence-electron chi connectivity index (χ2n) is 7.65. The molecule has 0 spiro atoms. The Morgan fingerprint density at radius 2 is 2.10 bits per heavy atom. The number of benzene rings is 1. The summed E-state index contributed by atoms with van der Waals surface area (Å²) in [6.45, 7) is 6.41. The molecule has 0 bridgehead atoms. The first-order chi connectivity index (χ1) is 14.0. The highest BCUT2D eigenvalue weighted by atomic mass is 35.5. The Hall–Kier alpha value is -1.50. The lowest BCUT2D eigenvalue weighted by Crippen LogP contribution is -2.49. The zero-order valence-electron chi connectivity index (χ0n) is 17.2. The fraction of sp³-hybridized carbons (Fsp3) is 0.545. The van der Waals surface area contributed by atoms with Gasteiger partial charge in [0, 0.05) is 22.9 Å². The van der Waals surface area contributed by atoms with Crippen molar-refractivity contribution in [1.29, 1.82) is 0 Å². The Morgan fingerprint density at radius 3 is 2.79 bits per heavy atom. The standard InChI is InChI=1S/C22H30ClN3O2S/c1-3-7-16(2)22(28)26-15-29-14-20(26)21(27)24-13-19(25-10-4-5-11-25)17-8-6-9-18(23)12-17/h6-9,12,19-20H,3-5,10-11,13-15H2,1-2H3,(H,24,27)/b16-7-. The molecule has 5 nitrogen and oxygen atoms in total. The highest BCUT2D eigenvalue weighted by molar-refractivity contribution is 7.99. The van der Waals surface area contributed by atoms with Crippen molar-refractivity contribution in [3.05, 3.63) is 46.5 Å². The van der Waals surface area contributed by atoms with E-state index in [0.29, 0.717) is 28.8 Å². The van der Waals surface area contributed by atoms with Crippen LogP contribution in [0.4, 0.5) is 0 Å². The van der Waals surface area contributed by atoms with Crippen LogP contribution in [-0.2, 0) is 9.59 Å². The summed E-state index contributed by atoms with van der Waals surface area (Å²) in [5.74, 6) is 1.10. The number of hydrogen-bond donors (Lipinski definition) is 1. The van der Waals surface area contributed by atoms with E-state index in [0.717, 1.165) is 25.1 Å². The van der Waals surface area contributed by atoms with E-state index in [1.165, 1.54) is 12.8 Å². The number of thioether (sulfide) groups is 1. The van der Waals surface area contributed by atoms with Crippen LogP contribution in [-0.4, -0.2) is 58.9 Å². The highest BCUT2D eigenvalue weighted by Crippen LogP contribution is 2.27. The number of allylic oxidation sites excluding steroid dienone is 1. The monoisotopic (exact) mass is 435 g/mol. The topological polar surface area (TPSA) is 52.7 Å². The molecule has 2 fully saturated rings. The first-order valence-electron chi connectivity index (χ1n) is 10.3. The molecular formula is C22H30ClN3O2S. The third-order valence-corrected chi connectivity index (χ3v) is 6.83. The van der Waals surface area contributed by atoms with Gasteiger partial charge < -0.3 is 10.2 Å². The van der Waals surface area contributed by atoms with Gasteiger partial charge in [-0.15, -0.1) is 11.8 Å². The molecule has 2 atom stereocenters. The minimum atomic E-state index is -0.411. The molecule has 7 heteroatoms. The number of hydrogen-bond acceptors (Lipinski definition) is 4. The van der Waals surface area contributed by atoms with Crippen LogP contribution in [0.15, 0.2) is 35.9 Å². The van der Waals surface area contributed by atoms with Crippen LogP contribution in [0.25, 0.3) is 0 Å². The maximum absolute atomic E-state index is 13.0. The van der Waals surface area contributed by atoms with E-state index in [1.54, 1.807) is 16.7 Å². The SMILES string of the molecule is CC/C=C(/C)C(=O)N1CSCC1C(=O)NCC(c1cccc(Cl)c1)N1CCCC1. The number of nitrogens with zero attached hydrogens (tertiary/aromatic N) is 2.